The Hall–Kier alpha value is -2.55. The standard InChI is InChI=1S/C21H21N3/c1-2-10-21(18-6-13-23-14-7-18,19-8-15-24-16-9-19)20(3-1)17-4-11-22-12-5-17/h4-9,11-16,20H,1-3,10H2. The van der Waals surface area contributed by atoms with E-state index in [9.17, 15) is 0 Å². The quantitative estimate of drug-likeness (QED) is 0.713. The van der Waals surface area contributed by atoms with Crippen molar-refractivity contribution in [3.05, 3.63) is 90.3 Å². The van der Waals surface area contributed by atoms with Crippen molar-refractivity contribution in [3.8, 4) is 0 Å². The molecule has 0 N–H and O–H groups in total. The van der Waals surface area contributed by atoms with E-state index >= 15 is 0 Å². The molecular weight excluding hydrogens is 294 g/mol. The minimum absolute atomic E-state index is 0.0223. The normalized spacial score (nSPS) is 19.8. The summed E-state index contributed by atoms with van der Waals surface area (Å²) >= 11 is 0. The van der Waals surface area contributed by atoms with Crippen LogP contribution in [0, 0.1) is 0 Å². The molecule has 3 heterocycles. The third-order valence-corrected chi connectivity index (χ3v) is 5.41. The van der Waals surface area contributed by atoms with Gasteiger partial charge in [-0.2, -0.15) is 0 Å². The van der Waals surface area contributed by atoms with Gasteiger partial charge in [0.1, 0.15) is 0 Å². The lowest BCUT2D eigenvalue weighted by Gasteiger charge is -2.45. The molecule has 0 aromatic carbocycles. The smallest absolute Gasteiger partial charge is 0.0273 e. The molecule has 3 heteroatoms. The van der Waals surface area contributed by atoms with Crippen LogP contribution in [0.1, 0.15) is 48.3 Å². The Bertz CT molecular complexity index is 732. The number of hydrogen-bond acceptors (Lipinski definition) is 3. The molecule has 0 saturated heterocycles. The van der Waals surface area contributed by atoms with Crippen LogP contribution in [0.25, 0.3) is 0 Å². The average molecular weight is 315 g/mol. The van der Waals surface area contributed by atoms with Gasteiger partial charge in [0.2, 0.25) is 0 Å². The second-order valence-corrected chi connectivity index (χ2v) is 6.52. The molecule has 0 radical (unpaired) electrons. The predicted octanol–water partition coefficient (Wildman–Crippen LogP) is 4.52. The summed E-state index contributed by atoms with van der Waals surface area (Å²) in [5, 5.41) is 0. The topological polar surface area (TPSA) is 38.7 Å². The van der Waals surface area contributed by atoms with Gasteiger partial charge in [-0.3, -0.25) is 15.0 Å². The Morgan fingerprint density at radius 2 is 1.17 bits per heavy atom. The molecule has 0 bridgehead atoms. The summed E-state index contributed by atoms with van der Waals surface area (Å²) in [6.07, 6.45) is 16.3. The molecule has 4 rings (SSSR count). The lowest BCUT2D eigenvalue weighted by molar-refractivity contribution is 0.294. The highest BCUT2D eigenvalue weighted by Gasteiger charge is 2.44. The van der Waals surface area contributed by atoms with Gasteiger partial charge in [0.05, 0.1) is 0 Å². The minimum Gasteiger partial charge on any atom is -0.265 e. The Morgan fingerprint density at radius 3 is 1.71 bits per heavy atom. The molecule has 1 unspecified atom stereocenters. The van der Waals surface area contributed by atoms with Crippen molar-refractivity contribution in [1.29, 1.82) is 0 Å². The molecule has 1 atom stereocenters. The van der Waals surface area contributed by atoms with Crippen LogP contribution >= 0.6 is 0 Å². The van der Waals surface area contributed by atoms with Gasteiger partial charge in [-0.05, 0) is 71.8 Å². The van der Waals surface area contributed by atoms with Gasteiger partial charge in [-0.25, -0.2) is 0 Å². The molecule has 24 heavy (non-hydrogen) atoms. The first-order valence-corrected chi connectivity index (χ1v) is 8.62. The summed E-state index contributed by atoms with van der Waals surface area (Å²) < 4.78 is 0. The zero-order valence-corrected chi connectivity index (χ0v) is 13.7. The van der Waals surface area contributed by atoms with E-state index < -0.39 is 0 Å². The fraction of sp³-hybridized carbons (Fsp3) is 0.286. The fourth-order valence-electron chi connectivity index (χ4n) is 4.38. The highest BCUT2D eigenvalue weighted by atomic mass is 14.6. The van der Waals surface area contributed by atoms with Gasteiger partial charge in [0, 0.05) is 42.6 Å². The molecular formula is C21H21N3. The maximum Gasteiger partial charge on any atom is 0.0273 e. The average Bonchev–Trinajstić information content (AvgIpc) is 2.70. The van der Waals surface area contributed by atoms with E-state index in [0.29, 0.717) is 5.92 Å². The van der Waals surface area contributed by atoms with Crippen LogP contribution in [-0.2, 0) is 5.41 Å². The number of aromatic nitrogens is 3. The van der Waals surface area contributed by atoms with E-state index in [2.05, 4.69) is 51.4 Å². The third-order valence-electron chi connectivity index (χ3n) is 5.41. The summed E-state index contributed by atoms with van der Waals surface area (Å²) in [6.45, 7) is 0. The largest absolute Gasteiger partial charge is 0.265 e. The second kappa shape index (κ2) is 6.52. The minimum atomic E-state index is -0.0223. The zero-order valence-electron chi connectivity index (χ0n) is 13.7. The molecule has 120 valence electrons. The molecule has 1 aliphatic carbocycles. The predicted molar refractivity (Wildman–Crippen MR) is 94.7 cm³/mol. The molecule has 3 aromatic heterocycles. The van der Waals surface area contributed by atoms with Gasteiger partial charge in [-0.1, -0.05) is 12.8 Å². The summed E-state index contributed by atoms with van der Waals surface area (Å²) in [5.41, 5.74) is 4.06. The van der Waals surface area contributed by atoms with Crippen LogP contribution in [0.2, 0.25) is 0 Å². The van der Waals surface area contributed by atoms with E-state index in [-0.39, 0.29) is 5.41 Å². The number of rotatable bonds is 3. The van der Waals surface area contributed by atoms with E-state index in [0.717, 1.165) is 6.42 Å². The summed E-state index contributed by atoms with van der Waals surface area (Å²) in [4.78, 5) is 12.7. The Kier molecular flexibility index (Phi) is 4.08. The van der Waals surface area contributed by atoms with Crippen molar-refractivity contribution in [2.75, 3.05) is 0 Å². The van der Waals surface area contributed by atoms with Gasteiger partial charge in [0.15, 0.2) is 0 Å². The van der Waals surface area contributed by atoms with Gasteiger partial charge in [-0.15, -0.1) is 0 Å². The molecule has 0 amide bonds. The highest BCUT2D eigenvalue weighted by Crippen LogP contribution is 2.52. The maximum atomic E-state index is 4.24. The number of hydrogen-bond donors (Lipinski definition) is 0. The van der Waals surface area contributed by atoms with Gasteiger partial charge < -0.3 is 0 Å². The number of nitrogens with zero attached hydrogens (tertiary/aromatic N) is 3. The molecule has 3 nitrogen and oxygen atoms in total. The van der Waals surface area contributed by atoms with Crippen molar-refractivity contribution >= 4 is 0 Å². The van der Waals surface area contributed by atoms with Crippen LogP contribution in [-0.4, -0.2) is 15.0 Å². The van der Waals surface area contributed by atoms with Crippen molar-refractivity contribution in [2.24, 2.45) is 0 Å². The highest BCUT2D eigenvalue weighted by molar-refractivity contribution is 5.44. The van der Waals surface area contributed by atoms with Gasteiger partial charge in [0.25, 0.3) is 0 Å². The van der Waals surface area contributed by atoms with E-state index in [4.69, 9.17) is 0 Å². The molecule has 1 saturated carbocycles. The second-order valence-electron chi connectivity index (χ2n) is 6.52. The van der Waals surface area contributed by atoms with Gasteiger partial charge >= 0.3 is 0 Å². The zero-order chi connectivity index (χ0) is 16.2. The van der Waals surface area contributed by atoms with Crippen molar-refractivity contribution in [1.82, 2.24) is 15.0 Å². The first kappa shape index (κ1) is 15.0. The maximum absolute atomic E-state index is 4.24. The van der Waals surface area contributed by atoms with Crippen LogP contribution in [0.5, 0.6) is 0 Å². The summed E-state index contributed by atoms with van der Waals surface area (Å²) in [7, 11) is 0. The lowest BCUT2D eigenvalue weighted by atomic mass is 9.57. The Balaban J connectivity index is 1.94. The third kappa shape index (κ3) is 2.50. The first-order chi connectivity index (χ1) is 11.9. The SMILES string of the molecule is c1cc(C2CCCCC2(c2ccncc2)c2ccncc2)ccn1. The van der Waals surface area contributed by atoms with Crippen LogP contribution in [0.3, 0.4) is 0 Å². The lowest BCUT2D eigenvalue weighted by Crippen LogP contribution is -2.38. The summed E-state index contributed by atoms with van der Waals surface area (Å²) in [6, 6.07) is 13.1. The van der Waals surface area contributed by atoms with Crippen LogP contribution < -0.4 is 0 Å². The fourth-order valence-corrected chi connectivity index (χ4v) is 4.38. The van der Waals surface area contributed by atoms with Crippen molar-refractivity contribution in [3.63, 3.8) is 0 Å². The number of pyridine rings is 3. The molecule has 3 aromatic rings. The Labute approximate surface area is 142 Å². The molecule has 0 aliphatic heterocycles. The van der Waals surface area contributed by atoms with Crippen LogP contribution in [0.15, 0.2) is 73.6 Å². The molecule has 1 aliphatic rings. The summed E-state index contributed by atoms with van der Waals surface area (Å²) in [5.74, 6) is 0.444. The van der Waals surface area contributed by atoms with Crippen LogP contribution in [0.4, 0.5) is 0 Å². The molecule has 0 spiro atoms. The van der Waals surface area contributed by atoms with E-state index in [1.54, 1.807) is 0 Å². The van der Waals surface area contributed by atoms with Crippen molar-refractivity contribution in [2.45, 2.75) is 37.0 Å². The van der Waals surface area contributed by atoms with E-state index in [1.807, 2.05) is 37.2 Å². The monoisotopic (exact) mass is 315 g/mol. The van der Waals surface area contributed by atoms with E-state index in [1.165, 1.54) is 36.0 Å². The van der Waals surface area contributed by atoms with Crippen molar-refractivity contribution < 1.29 is 0 Å². The first-order valence-electron chi connectivity index (χ1n) is 8.62. The molecule has 1 fully saturated rings. The Morgan fingerprint density at radius 1 is 0.667 bits per heavy atom.